The molecule has 1 aromatic carbocycles. The van der Waals surface area contributed by atoms with E-state index in [2.05, 4.69) is 25.3 Å². The topological polar surface area (TPSA) is 85.2 Å². The largest absolute Gasteiger partial charge is 0.481 e. The molecular formula is C22H26N6O2. The lowest BCUT2D eigenvalue weighted by Gasteiger charge is -2.31. The van der Waals surface area contributed by atoms with Gasteiger partial charge in [0.1, 0.15) is 0 Å². The summed E-state index contributed by atoms with van der Waals surface area (Å²) >= 11 is 0. The fraction of sp³-hybridized carbons (Fsp3) is 0.364. The van der Waals surface area contributed by atoms with Crippen LogP contribution < -0.4 is 15.0 Å². The van der Waals surface area contributed by atoms with Gasteiger partial charge in [-0.2, -0.15) is 10.1 Å². The van der Waals surface area contributed by atoms with Crippen molar-refractivity contribution in [2.24, 2.45) is 5.92 Å². The number of methoxy groups -OCH3 is 1. The van der Waals surface area contributed by atoms with Crippen molar-refractivity contribution < 1.29 is 9.53 Å². The molecule has 2 aromatic heterocycles. The van der Waals surface area contributed by atoms with Crippen molar-refractivity contribution in [1.29, 1.82) is 0 Å². The summed E-state index contributed by atoms with van der Waals surface area (Å²) in [5, 5.41) is 7.59. The second-order valence-corrected chi connectivity index (χ2v) is 7.54. The number of benzene rings is 1. The molecule has 3 heterocycles. The number of ether oxygens (including phenoxy) is 1. The van der Waals surface area contributed by atoms with Crippen LogP contribution in [0, 0.1) is 19.8 Å². The molecule has 0 bridgehead atoms. The maximum absolute atomic E-state index is 12.8. The third-order valence-corrected chi connectivity index (χ3v) is 5.34. The van der Waals surface area contributed by atoms with Gasteiger partial charge in [0.2, 0.25) is 17.7 Å². The van der Waals surface area contributed by atoms with E-state index >= 15 is 0 Å². The summed E-state index contributed by atoms with van der Waals surface area (Å²) < 4.78 is 7.06. The number of nitrogens with zero attached hydrogens (tertiary/aromatic N) is 5. The molecule has 1 aliphatic rings. The minimum absolute atomic E-state index is 0.0378. The molecule has 1 fully saturated rings. The number of anilines is 2. The number of piperidine rings is 1. The van der Waals surface area contributed by atoms with Crippen molar-refractivity contribution in [3.63, 3.8) is 0 Å². The zero-order chi connectivity index (χ0) is 21.1. The van der Waals surface area contributed by atoms with Gasteiger partial charge in [0, 0.05) is 42.7 Å². The van der Waals surface area contributed by atoms with Crippen LogP contribution in [0.15, 0.2) is 42.6 Å². The Bertz CT molecular complexity index is 1040. The summed E-state index contributed by atoms with van der Waals surface area (Å²) in [4.78, 5) is 23.6. The third kappa shape index (κ3) is 4.27. The molecule has 3 aromatic rings. The number of nitrogens with one attached hydrogen (secondary N) is 1. The fourth-order valence-electron chi connectivity index (χ4n) is 3.79. The molecule has 0 spiro atoms. The van der Waals surface area contributed by atoms with Gasteiger partial charge in [0.25, 0.3) is 0 Å². The summed E-state index contributed by atoms with van der Waals surface area (Å²) in [5.74, 6) is 1.20. The van der Waals surface area contributed by atoms with Gasteiger partial charge in [-0.05, 0) is 51.0 Å². The van der Waals surface area contributed by atoms with E-state index in [-0.39, 0.29) is 11.8 Å². The van der Waals surface area contributed by atoms with E-state index in [0.717, 1.165) is 48.7 Å². The van der Waals surface area contributed by atoms with E-state index in [4.69, 9.17) is 4.74 Å². The second-order valence-electron chi connectivity index (χ2n) is 7.54. The number of amides is 1. The van der Waals surface area contributed by atoms with E-state index in [1.165, 1.54) is 0 Å². The van der Waals surface area contributed by atoms with Crippen LogP contribution in [0.1, 0.15) is 24.2 Å². The zero-order valence-electron chi connectivity index (χ0n) is 17.5. The van der Waals surface area contributed by atoms with Gasteiger partial charge in [0.05, 0.1) is 18.5 Å². The molecule has 1 saturated heterocycles. The summed E-state index contributed by atoms with van der Waals surface area (Å²) in [6, 6.07) is 11.5. The standard InChI is InChI=1S/C22H26N6O2/c1-15-13-16(2)28(26-15)19-6-4-5-18(14-19)24-21(29)17-8-11-27(12-9-17)22-23-10-7-20(25-22)30-3/h4-7,10,13-14,17H,8-9,11-12H2,1-3H3,(H,24,29). The Hall–Kier alpha value is -3.42. The highest BCUT2D eigenvalue weighted by Gasteiger charge is 2.26. The summed E-state index contributed by atoms with van der Waals surface area (Å²) in [6.07, 6.45) is 3.20. The van der Waals surface area contributed by atoms with Crippen LogP contribution in [0.25, 0.3) is 5.69 Å². The summed E-state index contributed by atoms with van der Waals surface area (Å²) in [7, 11) is 1.59. The second kappa shape index (κ2) is 8.52. The Morgan fingerprint density at radius 1 is 1.17 bits per heavy atom. The predicted octanol–water partition coefficient (Wildman–Crippen LogP) is 3.14. The Balaban J connectivity index is 1.38. The predicted molar refractivity (Wildman–Crippen MR) is 115 cm³/mol. The van der Waals surface area contributed by atoms with Crippen LogP contribution in [0.2, 0.25) is 0 Å². The van der Waals surface area contributed by atoms with Crippen LogP contribution in [0.3, 0.4) is 0 Å². The first-order valence-corrected chi connectivity index (χ1v) is 10.1. The number of hydrogen-bond donors (Lipinski definition) is 1. The normalized spacial score (nSPS) is 14.6. The molecule has 8 heteroatoms. The molecule has 1 N–H and O–H groups in total. The van der Waals surface area contributed by atoms with E-state index in [0.29, 0.717) is 11.8 Å². The lowest BCUT2D eigenvalue weighted by atomic mass is 9.96. The number of carbonyl (C=O) groups excluding carboxylic acids is 1. The average Bonchev–Trinajstić information content (AvgIpc) is 3.12. The van der Waals surface area contributed by atoms with Crippen LogP contribution in [-0.4, -0.2) is 45.9 Å². The molecular weight excluding hydrogens is 380 g/mol. The first kappa shape index (κ1) is 19.9. The van der Waals surface area contributed by atoms with Crippen molar-refractivity contribution in [3.05, 3.63) is 54.0 Å². The molecule has 0 aliphatic carbocycles. The Kier molecular flexibility index (Phi) is 5.65. The minimum Gasteiger partial charge on any atom is -0.481 e. The first-order chi connectivity index (χ1) is 14.5. The van der Waals surface area contributed by atoms with Crippen molar-refractivity contribution in [3.8, 4) is 11.6 Å². The van der Waals surface area contributed by atoms with Crippen molar-refractivity contribution >= 4 is 17.5 Å². The van der Waals surface area contributed by atoms with E-state index in [1.54, 1.807) is 19.4 Å². The molecule has 0 radical (unpaired) electrons. The number of carbonyl (C=O) groups is 1. The van der Waals surface area contributed by atoms with Gasteiger partial charge < -0.3 is 15.0 Å². The van der Waals surface area contributed by atoms with Gasteiger partial charge in [-0.3, -0.25) is 4.79 Å². The highest BCUT2D eigenvalue weighted by Crippen LogP contribution is 2.24. The Morgan fingerprint density at radius 2 is 1.97 bits per heavy atom. The maximum atomic E-state index is 12.8. The summed E-state index contributed by atoms with van der Waals surface area (Å²) in [5.41, 5.74) is 3.74. The Labute approximate surface area is 175 Å². The monoisotopic (exact) mass is 406 g/mol. The fourth-order valence-corrected chi connectivity index (χ4v) is 3.79. The smallest absolute Gasteiger partial charge is 0.228 e. The molecule has 1 aliphatic heterocycles. The third-order valence-electron chi connectivity index (χ3n) is 5.34. The van der Waals surface area contributed by atoms with Crippen LogP contribution in [0.5, 0.6) is 5.88 Å². The van der Waals surface area contributed by atoms with Crippen molar-refractivity contribution in [2.75, 3.05) is 30.4 Å². The highest BCUT2D eigenvalue weighted by atomic mass is 16.5. The first-order valence-electron chi connectivity index (χ1n) is 10.1. The average molecular weight is 406 g/mol. The number of aryl methyl sites for hydroxylation is 2. The van der Waals surface area contributed by atoms with Gasteiger partial charge in [-0.25, -0.2) is 9.67 Å². The number of hydrogen-bond acceptors (Lipinski definition) is 6. The van der Waals surface area contributed by atoms with E-state index in [9.17, 15) is 4.79 Å². The maximum Gasteiger partial charge on any atom is 0.228 e. The van der Waals surface area contributed by atoms with Crippen LogP contribution in [-0.2, 0) is 4.79 Å². The van der Waals surface area contributed by atoms with E-state index < -0.39 is 0 Å². The SMILES string of the molecule is COc1ccnc(N2CCC(C(=O)Nc3cccc(-n4nc(C)cc4C)c3)CC2)n1. The highest BCUT2D eigenvalue weighted by molar-refractivity contribution is 5.93. The van der Waals surface area contributed by atoms with Gasteiger partial charge in [-0.15, -0.1) is 0 Å². The minimum atomic E-state index is -0.0378. The molecule has 0 atom stereocenters. The molecule has 1 amide bonds. The molecule has 4 rings (SSSR count). The lowest BCUT2D eigenvalue weighted by Crippen LogP contribution is -2.39. The van der Waals surface area contributed by atoms with Crippen molar-refractivity contribution in [1.82, 2.24) is 19.7 Å². The molecule has 30 heavy (non-hydrogen) atoms. The van der Waals surface area contributed by atoms with Crippen LogP contribution in [0.4, 0.5) is 11.6 Å². The zero-order valence-corrected chi connectivity index (χ0v) is 17.5. The van der Waals surface area contributed by atoms with Crippen molar-refractivity contribution in [2.45, 2.75) is 26.7 Å². The molecule has 8 nitrogen and oxygen atoms in total. The van der Waals surface area contributed by atoms with Gasteiger partial charge >= 0.3 is 0 Å². The number of aromatic nitrogens is 4. The quantitative estimate of drug-likeness (QED) is 0.701. The lowest BCUT2D eigenvalue weighted by molar-refractivity contribution is -0.120. The van der Waals surface area contributed by atoms with E-state index in [1.807, 2.05) is 48.9 Å². The Morgan fingerprint density at radius 3 is 2.67 bits per heavy atom. The van der Waals surface area contributed by atoms with Gasteiger partial charge in [0.15, 0.2) is 0 Å². The van der Waals surface area contributed by atoms with Gasteiger partial charge in [-0.1, -0.05) is 6.07 Å². The molecule has 0 unspecified atom stereocenters. The summed E-state index contributed by atoms with van der Waals surface area (Å²) in [6.45, 7) is 5.46. The number of rotatable bonds is 5. The molecule has 156 valence electrons. The van der Waals surface area contributed by atoms with Crippen LogP contribution >= 0.6 is 0 Å². The molecule has 0 saturated carbocycles.